The maximum atomic E-state index is 12.9. The predicted molar refractivity (Wildman–Crippen MR) is 340 cm³/mol. The van der Waals surface area contributed by atoms with Crippen LogP contribution >= 0.6 is 0 Å². The van der Waals surface area contributed by atoms with Gasteiger partial charge in [-0.3, -0.25) is 14.4 Å². The van der Waals surface area contributed by atoms with Gasteiger partial charge in [-0.05, 0) is 44.9 Å². The highest BCUT2D eigenvalue weighted by Gasteiger charge is 2.19. The van der Waals surface area contributed by atoms with Crippen LogP contribution in [0.2, 0.25) is 0 Å². The van der Waals surface area contributed by atoms with E-state index in [1.165, 1.54) is 315 Å². The molecule has 0 aromatic heterocycles. The molecule has 1 atom stereocenters. The zero-order chi connectivity index (χ0) is 56.4. The minimum atomic E-state index is -0.768. The van der Waals surface area contributed by atoms with Crippen molar-refractivity contribution in [3.05, 3.63) is 12.2 Å². The van der Waals surface area contributed by atoms with E-state index >= 15 is 0 Å². The molecule has 0 aliphatic heterocycles. The largest absolute Gasteiger partial charge is 0.462 e. The first-order chi connectivity index (χ1) is 38.5. The molecule has 1 unspecified atom stereocenters. The summed E-state index contributed by atoms with van der Waals surface area (Å²) in [6, 6.07) is 0. The van der Waals surface area contributed by atoms with Crippen LogP contribution < -0.4 is 0 Å². The molecule has 0 radical (unpaired) electrons. The first kappa shape index (κ1) is 76.1. The van der Waals surface area contributed by atoms with Crippen molar-refractivity contribution in [3.63, 3.8) is 0 Å². The first-order valence-corrected chi connectivity index (χ1v) is 35.7. The van der Waals surface area contributed by atoms with Crippen molar-refractivity contribution < 1.29 is 28.6 Å². The topological polar surface area (TPSA) is 78.9 Å². The summed E-state index contributed by atoms with van der Waals surface area (Å²) < 4.78 is 17.0. The van der Waals surface area contributed by atoms with Crippen LogP contribution in [-0.2, 0) is 28.6 Å². The van der Waals surface area contributed by atoms with Gasteiger partial charge in [-0.25, -0.2) is 0 Å². The average molecular weight is 1100 g/mol. The van der Waals surface area contributed by atoms with Crippen LogP contribution in [0.3, 0.4) is 0 Å². The van der Waals surface area contributed by atoms with E-state index in [4.69, 9.17) is 14.2 Å². The molecule has 0 saturated carbocycles. The monoisotopic (exact) mass is 1100 g/mol. The second-order valence-corrected chi connectivity index (χ2v) is 24.5. The summed E-state index contributed by atoms with van der Waals surface area (Å²) in [5.41, 5.74) is 0. The molecular weight excluding hydrogens is 961 g/mol. The van der Waals surface area contributed by atoms with Gasteiger partial charge in [0.2, 0.25) is 0 Å². The van der Waals surface area contributed by atoms with E-state index in [1.54, 1.807) is 0 Å². The van der Waals surface area contributed by atoms with Crippen LogP contribution in [0.25, 0.3) is 0 Å². The van der Waals surface area contributed by atoms with E-state index in [0.29, 0.717) is 19.3 Å². The summed E-state index contributed by atoms with van der Waals surface area (Å²) in [7, 11) is 0. The van der Waals surface area contributed by atoms with Gasteiger partial charge in [-0.2, -0.15) is 0 Å². The van der Waals surface area contributed by atoms with Crippen LogP contribution in [0.5, 0.6) is 0 Å². The van der Waals surface area contributed by atoms with E-state index in [1.807, 2.05) is 0 Å². The second-order valence-electron chi connectivity index (χ2n) is 24.5. The maximum Gasteiger partial charge on any atom is 0.306 e. The molecular formula is C72H138O6. The molecule has 0 amide bonds. The molecule has 6 nitrogen and oxygen atoms in total. The van der Waals surface area contributed by atoms with Crippen molar-refractivity contribution in [2.24, 2.45) is 0 Å². The normalized spacial score (nSPS) is 12.0. The third-order valence-electron chi connectivity index (χ3n) is 16.5. The minimum Gasteiger partial charge on any atom is -0.462 e. The van der Waals surface area contributed by atoms with Crippen molar-refractivity contribution in [1.29, 1.82) is 0 Å². The lowest BCUT2D eigenvalue weighted by atomic mass is 10.0. The summed E-state index contributed by atoms with van der Waals surface area (Å²) in [6.07, 6.45) is 81.1. The third-order valence-corrected chi connectivity index (χ3v) is 16.5. The van der Waals surface area contributed by atoms with Crippen LogP contribution in [0, 0.1) is 0 Å². The molecule has 0 fully saturated rings. The van der Waals surface area contributed by atoms with Gasteiger partial charge in [0.05, 0.1) is 0 Å². The molecule has 0 heterocycles. The lowest BCUT2D eigenvalue weighted by Crippen LogP contribution is -2.30. The molecule has 0 bridgehead atoms. The fraction of sp³-hybridized carbons (Fsp3) is 0.931. The first-order valence-electron chi connectivity index (χ1n) is 35.7. The Morgan fingerprint density at radius 3 is 0.641 bits per heavy atom. The predicted octanol–water partition coefficient (Wildman–Crippen LogP) is 24.4. The average Bonchev–Trinajstić information content (AvgIpc) is 3.44. The van der Waals surface area contributed by atoms with Crippen LogP contribution in [0.15, 0.2) is 12.2 Å². The highest BCUT2D eigenvalue weighted by molar-refractivity contribution is 5.71. The zero-order valence-electron chi connectivity index (χ0n) is 53.2. The van der Waals surface area contributed by atoms with Gasteiger partial charge in [-0.15, -0.1) is 0 Å². The lowest BCUT2D eigenvalue weighted by molar-refractivity contribution is -0.167. The van der Waals surface area contributed by atoms with Crippen molar-refractivity contribution in [2.75, 3.05) is 13.2 Å². The molecule has 6 heteroatoms. The molecule has 0 aliphatic carbocycles. The molecule has 0 saturated heterocycles. The Balaban J connectivity index is 4.11. The quantitative estimate of drug-likeness (QED) is 0.0261. The third kappa shape index (κ3) is 65.0. The number of rotatable bonds is 67. The number of esters is 3. The summed E-state index contributed by atoms with van der Waals surface area (Å²) in [6.45, 7) is 6.72. The van der Waals surface area contributed by atoms with E-state index in [-0.39, 0.29) is 31.1 Å². The summed E-state index contributed by atoms with van der Waals surface area (Å²) in [5, 5.41) is 0. The second kappa shape index (κ2) is 67.7. The molecule has 0 rings (SSSR count). The summed E-state index contributed by atoms with van der Waals surface area (Å²) in [4.78, 5) is 38.3. The Bertz CT molecular complexity index is 1210. The highest BCUT2D eigenvalue weighted by Crippen LogP contribution is 2.19. The molecule has 0 N–H and O–H groups in total. The van der Waals surface area contributed by atoms with Crippen molar-refractivity contribution in [3.8, 4) is 0 Å². The Morgan fingerprint density at radius 2 is 0.423 bits per heavy atom. The summed E-state index contributed by atoms with van der Waals surface area (Å²) in [5.74, 6) is -0.837. The number of unbranched alkanes of at least 4 members (excludes halogenated alkanes) is 54. The Labute approximate surface area is 488 Å². The number of hydrogen-bond donors (Lipinski definition) is 0. The summed E-state index contributed by atoms with van der Waals surface area (Å²) >= 11 is 0. The van der Waals surface area contributed by atoms with Crippen LogP contribution in [0.1, 0.15) is 412 Å². The van der Waals surface area contributed by atoms with Gasteiger partial charge in [0.25, 0.3) is 0 Å². The SMILES string of the molecule is CCCCCCCCC/C=C\CCCCCCCCCC(=O)OC(COC(=O)CCCCCCCCCCCCCC)COC(=O)CCCCCCCCCCCCCCCCCCCCCCCCCCCCCCCC. The van der Waals surface area contributed by atoms with Crippen molar-refractivity contribution in [2.45, 2.75) is 419 Å². The molecule has 0 aromatic rings. The lowest BCUT2D eigenvalue weighted by Gasteiger charge is -2.18. The number of ether oxygens (including phenoxy) is 3. The van der Waals surface area contributed by atoms with Gasteiger partial charge in [0, 0.05) is 19.3 Å². The standard InChI is InChI=1S/C72H138O6/c1-4-7-10-13-16-19-22-25-27-29-31-32-33-34-35-36-37-38-39-40-41-42-44-45-47-50-53-56-59-62-65-71(74)77-68-69(67-76-70(73)64-61-58-55-52-49-24-21-18-15-12-9-6-3)78-72(75)66-63-60-57-54-51-48-46-43-30-28-26-23-20-17-14-11-8-5-2/h28,30,69H,4-27,29,31-68H2,1-3H3/b30-28-. The molecule has 0 aromatic carbocycles. The Hall–Kier alpha value is -1.85. The van der Waals surface area contributed by atoms with E-state index in [2.05, 4.69) is 32.9 Å². The van der Waals surface area contributed by atoms with E-state index in [9.17, 15) is 14.4 Å². The van der Waals surface area contributed by atoms with Gasteiger partial charge in [0.1, 0.15) is 13.2 Å². The van der Waals surface area contributed by atoms with Gasteiger partial charge < -0.3 is 14.2 Å². The van der Waals surface area contributed by atoms with Crippen LogP contribution in [-0.4, -0.2) is 37.2 Å². The highest BCUT2D eigenvalue weighted by atomic mass is 16.6. The number of allylic oxidation sites excluding steroid dienone is 2. The number of carbonyl (C=O) groups excluding carboxylic acids is 3. The molecule has 462 valence electrons. The van der Waals surface area contributed by atoms with Gasteiger partial charge in [0.15, 0.2) is 6.10 Å². The van der Waals surface area contributed by atoms with Crippen molar-refractivity contribution in [1.82, 2.24) is 0 Å². The Kier molecular flexibility index (Phi) is 66.0. The fourth-order valence-electron chi connectivity index (χ4n) is 11.2. The smallest absolute Gasteiger partial charge is 0.306 e. The maximum absolute atomic E-state index is 12.9. The number of hydrogen-bond acceptors (Lipinski definition) is 6. The molecule has 0 aliphatic rings. The fourth-order valence-corrected chi connectivity index (χ4v) is 11.2. The zero-order valence-corrected chi connectivity index (χ0v) is 53.2. The molecule has 78 heavy (non-hydrogen) atoms. The Morgan fingerprint density at radius 1 is 0.244 bits per heavy atom. The number of carbonyl (C=O) groups is 3. The van der Waals surface area contributed by atoms with Crippen molar-refractivity contribution >= 4 is 17.9 Å². The van der Waals surface area contributed by atoms with E-state index in [0.717, 1.165) is 57.8 Å². The van der Waals surface area contributed by atoms with Gasteiger partial charge >= 0.3 is 17.9 Å². The minimum absolute atomic E-state index is 0.0651. The van der Waals surface area contributed by atoms with Crippen LogP contribution in [0.4, 0.5) is 0 Å². The molecule has 0 spiro atoms. The van der Waals surface area contributed by atoms with Gasteiger partial charge in [-0.1, -0.05) is 360 Å². The van der Waals surface area contributed by atoms with E-state index < -0.39 is 6.10 Å².